The number of nitriles is 1. The molecule has 0 fully saturated rings. The van der Waals surface area contributed by atoms with Gasteiger partial charge in [0.15, 0.2) is 0 Å². The molecule has 1 nitrogen and oxygen atoms in total. The Labute approximate surface area is 51.4 Å². The molecule has 0 rings (SSSR count). The molecule has 0 aromatic heterocycles. The summed E-state index contributed by atoms with van der Waals surface area (Å²) in [6.45, 7) is 1.43. The number of rotatable bonds is 0. The number of hydrogen-bond donors (Lipinski definition) is 0. The van der Waals surface area contributed by atoms with Gasteiger partial charge in [0, 0.05) is 27.3 Å². The molecule has 0 atom stereocenters. The van der Waals surface area contributed by atoms with Gasteiger partial charge in [0.05, 0.1) is 6.07 Å². The van der Waals surface area contributed by atoms with E-state index in [0.29, 0.717) is 0 Å². The van der Waals surface area contributed by atoms with Gasteiger partial charge in [-0.3, -0.25) is 0 Å². The van der Waals surface area contributed by atoms with Crippen molar-refractivity contribution in [1.82, 2.24) is 0 Å². The largest absolute Gasteiger partial charge is 0.199 e. The van der Waals surface area contributed by atoms with E-state index >= 15 is 0 Å². The van der Waals surface area contributed by atoms with Crippen LogP contribution < -0.4 is 0 Å². The Hall–Kier alpha value is 0.442. The molecular weight excluding hydrogens is 180 g/mol. The number of nitrogens with zero attached hydrogens (tertiary/aromatic N) is 1. The molecule has 0 aliphatic heterocycles. The van der Waals surface area contributed by atoms with Crippen LogP contribution in [0.5, 0.6) is 0 Å². The number of hydrogen-bond acceptors (Lipinski definition) is 1. The Morgan fingerprint density at radius 2 is 1.60 bits per heavy atom. The van der Waals surface area contributed by atoms with Crippen molar-refractivity contribution in [3.63, 3.8) is 0 Å². The maximum absolute atomic E-state index is 7.32. The zero-order chi connectivity index (χ0) is 2.71. The fraction of sp³-hybridized carbons (Fsp3) is 0.500. The normalized spacial score (nSPS) is 1.60. The summed E-state index contributed by atoms with van der Waals surface area (Å²) in [5.74, 6) is 0. The van der Waals surface area contributed by atoms with Crippen LogP contribution >= 0.6 is 12.4 Å². The molecule has 0 saturated carbocycles. The van der Waals surface area contributed by atoms with Crippen LogP contribution in [0.1, 0.15) is 6.92 Å². The first kappa shape index (κ1) is 18.0. The minimum absolute atomic E-state index is 0. The summed E-state index contributed by atoms with van der Waals surface area (Å²) < 4.78 is 0. The monoisotopic (exact) mass is 183 g/mol. The summed E-state index contributed by atoms with van der Waals surface area (Å²) in [4.78, 5) is 0. The minimum Gasteiger partial charge on any atom is -0.199 e. The molecule has 34 valence electrons. The van der Waals surface area contributed by atoms with Crippen LogP contribution in [0.3, 0.4) is 0 Å². The molecule has 5 heavy (non-hydrogen) atoms. The molecule has 0 radical (unpaired) electrons. The van der Waals surface area contributed by atoms with Crippen molar-refractivity contribution < 1.29 is 20.4 Å². The standard InChI is InChI=1S/C2H3N.ClH.Pd/c1-2-3;;/h1H3;1H;. The van der Waals surface area contributed by atoms with Crippen LogP contribution in [-0.2, 0) is 20.4 Å². The van der Waals surface area contributed by atoms with Gasteiger partial charge in [0.1, 0.15) is 0 Å². The summed E-state index contributed by atoms with van der Waals surface area (Å²) in [5, 5.41) is 7.32. The fourth-order valence-corrected chi connectivity index (χ4v) is 0. The topological polar surface area (TPSA) is 23.8 Å². The molecule has 3 heteroatoms. The van der Waals surface area contributed by atoms with E-state index in [9.17, 15) is 0 Å². The first-order chi connectivity index (χ1) is 1.41. The van der Waals surface area contributed by atoms with E-state index in [1.54, 1.807) is 6.07 Å². The molecule has 0 aromatic rings. The van der Waals surface area contributed by atoms with E-state index in [4.69, 9.17) is 5.26 Å². The van der Waals surface area contributed by atoms with Crippen LogP contribution in [0, 0.1) is 11.3 Å². The quantitative estimate of drug-likeness (QED) is 0.514. The third kappa shape index (κ3) is 135. The SMILES string of the molecule is CC#N.Cl.[Pd]. The van der Waals surface area contributed by atoms with Crippen molar-refractivity contribution in [2.45, 2.75) is 6.92 Å². The Bertz CT molecular complexity index is 31.1. The maximum atomic E-state index is 7.32. The summed E-state index contributed by atoms with van der Waals surface area (Å²) in [5.41, 5.74) is 0. The molecule has 0 spiro atoms. The molecule has 0 saturated heterocycles. The van der Waals surface area contributed by atoms with Crippen LogP contribution in [0.25, 0.3) is 0 Å². The van der Waals surface area contributed by atoms with Gasteiger partial charge >= 0.3 is 0 Å². The van der Waals surface area contributed by atoms with Crippen molar-refractivity contribution in [3.8, 4) is 6.07 Å². The third-order valence-corrected chi connectivity index (χ3v) is 0. The Balaban J connectivity index is -0.0000000200. The van der Waals surface area contributed by atoms with Crippen LogP contribution in [0.2, 0.25) is 0 Å². The molecule has 0 amide bonds. The van der Waals surface area contributed by atoms with E-state index in [0.717, 1.165) is 0 Å². The fourth-order valence-electron chi connectivity index (χ4n) is 0. The van der Waals surface area contributed by atoms with Crippen molar-refractivity contribution in [2.75, 3.05) is 0 Å². The molecular formula is C2H4ClNPd. The van der Waals surface area contributed by atoms with E-state index in [2.05, 4.69) is 0 Å². The van der Waals surface area contributed by atoms with E-state index in [1.165, 1.54) is 6.92 Å². The van der Waals surface area contributed by atoms with Gasteiger partial charge in [0.25, 0.3) is 0 Å². The van der Waals surface area contributed by atoms with Gasteiger partial charge in [-0.05, 0) is 0 Å². The third-order valence-electron chi connectivity index (χ3n) is 0. The summed E-state index contributed by atoms with van der Waals surface area (Å²) in [6, 6.07) is 1.75. The second kappa shape index (κ2) is 25.3. The first-order valence-corrected chi connectivity index (χ1v) is 0.724. The molecule has 0 heterocycles. The van der Waals surface area contributed by atoms with Crippen LogP contribution in [-0.4, -0.2) is 0 Å². The van der Waals surface area contributed by atoms with Crippen molar-refractivity contribution in [2.24, 2.45) is 0 Å². The average molecular weight is 184 g/mol. The molecule has 0 aromatic carbocycles. The van der Waals surface area contributed by atoms with Gasteiger partial charge < -0.3 is 0 Å². The van der Waals surface area contributed by atoms with E-state index in [-0.39, 0.29) is 32.8 Å². The molecule has 0 aliphatic rings. The van der Waals surface area contributed by atoms with E-state index < -0.39 is 0 Å². The molecule has 0 aliphatic carbocycles. The average Bonchev–Trinajstić information content (AvgIpc) is 0.918. The van der Waals surface area contributed by atoms with Gasteiger partial charge in [-0.15, -0.1) is 12.4 Å². The molecule has 0 unspecified atom stereocenters. The Morgan fingerprint density at radius 3 is 1.60 bits per heavy atom. The predicted octanol–water partition coefficient (Wildman–Crippen LogP) is 0.949. The van der Waals surface area contributed by atoms with Gasteiger partial charge in [0.2, 0.25) is 0 Å². The number of halogens is 1. The Morgan fingerprint density at radius 1 is 1.60 bits per heavy atom. The maximum Gasteiger partial charge on any atom is 0.0587 e. The zero-order valence-corrected chi connectivity index (χ0v) is 5.04. The Kier molecular flexibility index (Phi) is 91.1. The summed E-state index contributed by atoms with van der Waals surface area (Å²) in [6.07, 6.45) is 0. The summed E-state index contributed by atoms with van der Waals surface area (Å²) >= 11 is 0. The van der Waals surface area contributed by atoms with Gasteiger partial charge in [-0.1, -0.05) is 0 Å². The van der Waals surface area contributed by atoms with Crippen LogP contribution in [0.4, 0.5) is 0 Å². The first-order valence-electron chi connectivity index (χ1n) is 0.724. The van der Waals surface area contributed by atoms with Gasteiger partial charge in [-0.2, -0.15) is 5.26 Å². The van der Waals surface area contributed by atoms with Crippen molar-refractivity contribution >= 4 is 12.4 Å². The zero-order valence-electron chi connectivity index (χ0n) is 2.67. The molecule has 0 bridgehead atoms. The van der Waals surface area contributed by atoms with Crippen LogP contribution in [0.15, 0.2) is 0 Å². The molecule has 0 N–H and O–H groups in total. The van der Waals surface area contributed by atoms with E-state index in [1.807, 2.05) is 0 Å². The second-order valence-corrected chi connectivity index (χ2v) is 0.224. The summed E-state index contributed by atoms with van der Waals surface area (Å²) in [7, 11) is 0. The smallest absolute Gasteiger partial charge is 0.0587 e. The second-order valence-electron chi connectivity index (χ2n) is 0.224. The van der Waals surface area contributed by atoms with Gasteiger partial charge in [-0.25, -0.2) is 0 Å². The predicted molar refractivity (Wildman–Crippen MR) is 18.5 cm³/mol. The van der Waals surface area contributed by atoms with Crippen molar-refractivity contribution in [1.29, 1.82) is 5.26 Å². The minimum atomic E-state index is 0. The van der Waals surface area contributed by atoms with Crippen molar-refractivity contribution in [3.05, 3.63) is 0 Å².